The zero-order chi connectivity index (χ0) is 14.2. The van der Waals surface area contributed by atoms with Crippen LogP contribution in [0.15, 0.2) is 11.6 Å². The molecule has 3 aliphatic rings. The SMILES string of the molecule is CC(=O)/C=C1\C[C@@H](O)[C@]23C[C@H]2C(C)(C)O[C@]3(O)C1=O. The van der Waals surface area contributed by atoms with Crippen molar-refractivity contribution in [3.05, 3.63) is 11.6 Å². The Labute approximate surface area is 111 Å². The van der Waals surface area contributed by atoms with Gasteiger partial charge in [-0.3, -0.25) is 9.59 Å². The molecule has 5 nitrogen and oxygen atoms in total. The van der Waals surface area contributed by atoms with Crippen molar-refractivity contribution in [3.8, 4) is 0 Å². The van der Waals surface area contributed by atoms with Crippen molar-refractivity contribution in [2.45, 2.75) is 51.1 Å². The number of ketones is 2. The molecule has 3 rings (SSSR count). The average molecular weight is 266 g/mol. The summed E-state index contributed by atoms with van der Waals surface area (Å²) in [6, 6.07) is 0. The zero-order valence-electron chi connectivity index (χ0n) is 11.3. The monoisotopic (exact) mass is 266 g/mol. The van der Waals surface area contributed by atoms with E-state index in [9.17, 15) is 19.8 Å². The molecule has 3 fully saturated rings. The Morgan fingerprint density at radius 2 is 2.11 bits per heavy atom. The number of carbonyl (C=O) groups is 2. The number of rotatable bonds is 1. The average Bonchev–Trinajstić information content (AvgIpc) is 2.97. The van der Waals surface area contributed by atoms with Crippen LogP contribution in [0, 0.1) is 11.3 Å². The van der Waals surface area contributed by atoms with E-state index in [2.05, 4.69) is 0 Å². The summed E-state index contributed by atoms with van der Waals surface area (Å²) in [5.74, 6) is -2.86. The van der Waals surface area contributed by atoms with Gasteiger partial charge in [0, 0.05) is 17.9 Å². The van der Waals surface area contributed by atoms with E-state index in [4.69, 9.17) is 4.74 Å². The van der Waals surface area contributed by atoms with Gasteiger partial charge < -0.3 is 14.9 Å². The second-order valence-electron chi connectivity index (χ2n) is 6.48. The summed E-state index contributed by atoms with van der Waals surface area (Å²) in [5, 5.41) is 21.0. The molecule has 0 aromatic rings. The number of aliphatic hydroxyl groups is 2. The van der Waals surface area contributed by atoms with Crippen molar-refractivity contribution in [1.29, 1.82) is 0 Å². The minimum Gasteiger partial charge on any atom is -0.392 e. The first-order chi connectivity index (χ1) is 8.65. The van der Waals surface area contributed by atoms with Gasteiger partial charge in [0.2, 0.25) is 11.6 Å². The van der Waals surface area contributed by atoms with Gasteiger partial charge in [0.1, 0.15) is 0 Å². The summed E-state index contributed by atoms with van der Waals surface area (Å²) in [6.45, 7) is 4.97. The van der Waals surface area contributed by atoms with Gasteiger partial charge in [0.05, 0.1) is 17.1 Å². The predicted octanol–water partition coefficient (Wildman–Crippen LogP) is 0.339. The van der Waals surface area contributed by atoms with Crippen LogP contribution in [0.2, 0.25) is 0 Å². The van der Waals surface area contributed by atoms with E-state index in [0.717, 1.165) is 0 Å². The van der Waals surface area contributed by atoms with Crippen LogP contribution in [0.25, 0.3) is 0 Å². The van der Waals surface area contributed by atoms with Crippen molar-refractivity contribution in [3.63, 3.8) is 0 Å². The van der Waals surface area contributed by atoms with Gasteiger partial charge in [-0.2, -0.15) is 0 Å². The molecule has 1 saturated heterocycles. The van der Waals surface area contributed by atoms with E-state index < -0.39 is 28.7 Å². The maximum absolute atomic E-state index is 12.4. The van der Waals surface area contributed by atoms with Gasteiger partial charge in [-0.05, 0) is 33.3 Å². The van der Waals surface area contributed by atoms with E-state index >= 15 is 0 Å². The lowest BCUT2D eigenvalue weighted by Crippen LogP contribution is -2.57. The normalized spacial score (nSPS) is 48.9. The number of allylic oxidation sites excluding steroid dienone is 1. The molecule has 2 saturated carbocycles. The van der Waals surface area contributed by atoms with Crippen molar-refractivity contribution < 1.29 is 24.5 Å². The largest absolute Gasteiger partial charge is 0.392 e. The molecule has 0 unspecified atom stereocenters. The van der Waals surface area contributed by atoms with Crippen LogP contribution in [0.5, 0.6) is 0 Å². The molecule has 0 radical (unpaired) electrons. The van der Waals surface area contributed by atoms with Gasteiger partial charge in [0.15, 0.2) is 5.78 Å². The van der Waals surface area contributed by atoms with Gasteiger partial charge in [-0.15, -0.1) is 0 Å². The van der Waals surface area contributed by atoms with Crippen LogP contribution in [0.4, 0.5) is 0 Å². The fraction of sp³-hybridized carbons (Fsp3) is 0.714. The van der Waals surface area contributed by atoms with E-state index in [0.29, 0.717) is 6.42 Å². The second kappa shape index (κ2) is 3.34. The first-order valence-electron chi connectivity index (χ1n) is 6.52. The molecule has 0 aromatic carbocycles. The first-order valence-corrected chi connectivity index (χ1v) is 6.52. The number of hydrogen-bond donors (Lipinski definition) is 2. The van der Waals surface area contributed by atoms with E-state index in [1.165, 1.54) is 13.0 Å². The highest BCUT2D eigenvalue weighted by Crippen LogP contribution is 2.75. The van der Waals surface area contributed by atoms with E-state index in [-0.39, 0.29) is 23.7 Å². The van der Waals surface area contributed by atoms with Crippen LogP contribution in [-0.2, 0) is 14.3 Å². The summed E-state index contributed by atoms with van der Waals surface area (Å²) in [7, 11) is 0. The molecule has 4 atom stereocenters. The summed E-state index contributed by atoms with van der Waals surface area (Å²) in [5.41, 5.74) is -1.38. The van der Waals surface area contributed by atoms with Gasteiger partial charge in [-0.25, -0.2) is 0 Å². The fourth-order valence-corrected chi connectivity index (χ4v) is 3.99. The molecule has 0 aromatic heterocycles. The Kier molecular flexibility index (Phi) is 2.28. The zero-order valence-corrected chi connectivity index (χ0v) is 11.3. The van der Waals surface area contributed by atoms with Crippen molar-refractivity contribution >= 4 is 11.6 Å². The fourth-order valence-electron chi connectivity index (χ4n) is 3.99. The molecule has 1 heterocycles. The summed E-state index contributed by atoms with van der Waals surface area (Å²) in [4.78, 5) is 23.6. The highest BCUT2D eigenvalue weighted by atomic mass is 16.7. The molecular weight excluding hydrogens is 248 g/mol. The highest BCUT2D eigenvalue weighted by Gasteiger charge is 2.84. The number of carbonyl (C=O) groups excluding carboxylic acids is 2. The summed E-state index contributed by atoms with van der Waals surface area (Å²) < 4.78 is 5.58. The van der Waals surface area contributed by atoms with Crippen LogP contribution < -0.4 is 0 Å². The third-order valence-corrected chi connectivity index (χ3v) is 4.87. The minimum atomic E-state index is -1.99. The summed E-state index contributed by atoms with van der Waals surface area (Å²) in [6.07, 6.45) is 1.02. The first kappa shape index (κ1) is 13.0. The third-order valence-electron chi connectivity index (χ3n) is 4.87. The van der Waals surface area contributed by atoms with Gasteiger partial charge in [-0.1, -0.05) is 0 Å². The van der Waals surface area contributed by atoms with Crippen molar-refractivity contribution in [2.75, 3.05) is 0 Å². The topological polar surface area (TPSA) is 83.8 Å². The van der Waals surface area contributed by atoms with Crippen LogP contribution >= 0.6 is 0 Å². The molecule has 5 heteroatoms. The lowest BCUT2D eigenvalue weighted by Gasteiger charge is -2.40. The van der Waals surface area contributed by atoms with E-state index in [1.54, 1.807) is 0 Å². The Morgan fingerprint density at radius 1 is 1.47 bits per heavy atom. The quantitative estimate of drug-likeness (QED) is 0.669. The number of hydrogen-bond acceptors (Lipinski definition) is 5. The smallest absolute Gasteiger partial charge is 0.240 e. The third kappa shape index (κ3) is 1.35. The molecule has 104 valence electrons. The maximum atomic E-state index is 12.4. The number of aliphatic hydroxyl groups excluding tert-OH is 1. The Balaban J connectivity index is 2.08. The van der Waals surface area contributed by atoms with E-state index in [1.807, 2.05) is 13.8 Å². The lowest BCUT2D eigenvalue weighted by atomic mass is 9.73. The Morgan fingerprint density at radius 3 is 2.63 bits per heavy atom. The minimum absolute atomic E-state index is 0.0252. The maximum Gasteiger partial charge on any atom is 0.240 e. The number of Topliss-reactive ketones (excluding diaryl/α,β-unsaturated/α-hetero) is 1. The second-order valence-corrected chi connectivity index (χ2v) is 6.48. The number of ether oxygens (including phenoxy) is 1. The molecular formula is C14H18O5. The lowest BCUT2D eigenvalue weighted by molar-refractivity contribution is -0.255. The van der Waals surface area contributed by atoms with Gasteiger partial charge in [0.25, 0.3) is 0 Å². The predicted molar refractivity (Wildman–Crippen MR) is 65.0 cm³/mol. The Bertz CT molecular complexity index is 520. The van der Waals surface area contributed by atoms with Crippen molar-refractivity contribution in [1.82, 2.24) is 0 Å². The highest BCUT2D eigenvalue weighted by molar-refractivity contribution is 6.07. The molecule has 1 aliphatic heterocycles. The molecule has 0 bridgehead atoms. The molecule has 19 heavy (non-hydrogen) atoms. The molecule has 1 spiro atoms. The van der Waals surface area contributed by atoms with Crippen LogP contribution in [-0.4, -0.2) is 39.3 Å². The van der Waals surface area contributed by atoms with Crippen molar-refractivity contribution in [2.24, 2.45) is 11.3 Å². The molecule has 2 N–H and O–H groups in total. The van der Waals surface area contributed by atoms with Gasteiger partial charge >= 0.3 is 0 Å². The summed E-state index contributed by atoms with van der Waals surface area (Å²) >= 11 is 0. The molecule has 2 aliphatic carbocycles. The molecule has 0 amide bonds. The van der Waals surface area contributed by atoms with Crippen LogP contribution in [0.3, 0.4) is 0 Å². The standard InChI is InChI=1S/C14H18O5/c1-7(15)4-8-5-10(16)13-6-9(13)12(2,3)19-14(13,18)11(8)17/h4,9-10,16,18H,5-6H2,1-3H3/b8-4+/t9-,10+,13-,14+/m0/s1. The van der Waals surface area contributed by atoms with Crippen LogP contribution in [0.1, 0.15) is 33.6 Å². The Hall–Kier alpha value is -1.04.